The monoisotopic (exact) mass is 943 g/mol. The van der Waals surface area contributed by atoms with E-state index in [4.69, 9.17) is 14.6 Å². The highest BCUT2D eigenvalue weighted by molar-refractivity contribution is 7.81. The Morgan fingerprint density at radius 2 is 1.90 bits per heavy atom. The Morgan fingerprint density at radius 3 is 2.66 bits per heavy atom. The van der Waals surface area contributed by atoms with Crippen LogP contribution in [0.2, 0.25) is 0 Å². The fraction of sp³-hybridized carbons (Fsp3) is 0.543. The molecule has 67 heavy (non-hydrogen) atoms. The summed E-state index contributed by atoms with van der Waals surface area (Å²) >= 11 is 4.43. The zero-order valence-corrected chi connectivity index (χ0v) is 37.6. The lowest BCUT2D eigenvalue weighted by atomic mass is 9.85. The van der Waals surface area contributed by atoms with Gasteiger partial charge in [0.05, 0.1) is 66.0 Å². The van der Waals surface area contributed by atoms with Crippen molar-refractivity contribution in [3.63, 3.8) is 0 Å². The molecule has 5 aliphatic rings. The van der Waals surface area contributed by atoms with Crippen LogP contribution in [0.5, 0.6) is 0 Å². The summed E-state index contributed by atoms with van der Waals surface area (Å²) in [5.41, 5.74) is 2.00. The second kappa shape index (κ2) is 18.9. The quantitative estimate of drug-likeness (QED) is 0.0748. The maximum atomic E-state index is 16.1. The first-order valence-corrected chi connectivity index (χ1v) is 23.5. The number of benzene rings is 1. The van der Waals surface area contributed by atoms with Crippen LogP contribution < -0.4 is 15.5 Å². The van der Waals surface area contributed by atoms with Crippen molar-refractivity contribution in [2.75, 3.05) is 62.8 Å². The van der Waals surface area contributed by atoms with Gasteiger partial charge in [-0.25, -0.2) is 22.7 Å². The predicted molar refractivity (Wildman–Crippen MR) is 242 cm³/mol. The van der Waals surface area contributed by atoms with Crippen molar-refractivity contribution in [1.29, 1.82) is 0 Å². The van der Waals surface area contributed by atoms with Crippen LogP contribution in [0, 0.1) is 17.8 Å². The predicted octanol–water partition coefficient (Wildman–Crippen LogP) is 4.99. The largest absolute Gasteiger partial charge is 0.394 e. The number of aliphatic hydroxyl groups excluding tert-OH is 1. The van der Waals surface area contributed by atoms with Gasteiger partial charge in [-0.05, 0) is 69.4 Å². The Kier molecular flexibility index (Phi) is 12.7. The summed E-state index contributed by atoms with van der Waals surface area (Å²) in [7, 11) is 0. The van der Waals surface area contributed by atoms with Crippen LogP contribution in [0.15, 0.2) is 42.9 Å². The Balaban J connectivity index is 0.724. The van der Waals surface area contributed by atoms with Gasteiger partial charge in [0.25, 0.3) is 12.3 Å². The molecule has 7 heterocycles. The van der Waals surface area contributed by atoms with Crippen LogP contribution in [-0.4, -0.2) is 132 Å². The van der Waals surface area contributed by atoms with Crippen LogP contribution in [0.1, 0.15) is 110 Å². The Bertz CT molecular complexity index is 2740. The second-order valence-electron chi connectivity index (χ2n) is 18.3. The van der Waals surface area contributed by atoms with E-state index in [0.29, 0.717) is 70.0 Å². The molecule has 2 saturated carbocycles. The van der Waals surface area contributed by atoms with Gasteiger partial charge in [0, 0.05) is 56.9 Å². The fourth-order valence-corrected chi connectivity index (χ4v) is 10.4. The van der Waals surface area contributed by atoms with Gasteiger partial charge < -0.3 is 24.8 Å². The number of carbonyl (C=O) groups excluding carboxylic acids is 3. The minimum Gasteiger partial charge on any atom is -0.394 e. The number of morpholine rings is 1. The van der Waals surface area contributed by atoms with Crippen molar-refractivity contribution in [3.05, 3.63) is 65.4 Å². The number of piperidine rings is 2. The van der Waals surface area contributed by atoms with E-state index in [1.807, 2.05) is 27.8 Å². The number of aromatic nitrogens is 7. The smallest absolute Gasteiger partial charge is 0.284 e. The number of rotatable bonds is 12. The number of nitrogens with one attached hydrogen (secondary N) is 2. The Hall–Kier alpha value is -5.53. The topological polar surface area (TPSA) is 186 Å². The van der Waals surface area contributed by atoms with E-state index in [0.717, 1.165) is 42.1 Å². The number of hydrogen-bond donors (Lipinski definition) is 4. The lowest BCUT2D eigenvalue weighted by Gasteiger charge is -2.42. The summed E-state index contributed by atoms with van der Waals surface area (Å²) in [5, 5.41) is 26.9. The number of carbonyl (C=O) groups is 3. The van der Waals surface area contributed by atoms with E-state index in [9.17, 15) is 28.3 Å². The van der Waals surface area contributed by atoms with E-state index >= 15 is 4.39 Å². The summed E-state index contributed by atoms with van der Waals surface area (Å²) in [6.07, 6.45) is 6.40. The number of likely N-dealkylation sites (tertiary alicyclic amines) is 1. The van der Waals surface area contributed by atoms with Gasteiger partial charge in [0.2, 0.25) is 11.8 Å². The van der Waals surface area contributed by atoms with Gasteiger partial charge in [-0.3, -0.25) is 34.0 Å². The molecule has 3 aliphatic heterocycles. The van der Waals surface area contributed by atoms with Crippen molar-refractivity contribution in [1.82, 2.24) is 44.4 Å². The van der Waals surface area contributed by atoms with Crippen LogP contribution in [0.4, 0.5) is 24.7 Å². The van der Waals surface area contributed by atoms with Crippen LogP contribution >= 0.6 is 12.6 Å². The normalized spacial score (nSPS) is 26.2. The lowest BCUT2D eigenvalue weighted by Crippen LogP contribution is -2.53. The molecule has 3 amide bonds. The molecule has 354 valence electrons. The van der Waals surface area contributed by atoms with Gasteiger partial charge in [0.1, 0.15) is 24.1 Å². The minimum absolute atomic E-state index is 0.00211. The van der Waals surface area contributed by atoms with Crippen molar-refractivity contribution >= 4 is 58.4 Å². The number of para-hydroxylation sites is 1. The molecule has 2 aliphatic carbocycles. The highest BCUT2D eigenvalue weighted by Crippen LogP contribution is 2.41. The Morgan fingerprint density at radius 1 is 1.07 bits per heavy atom. The number of nitrogens with zero attached hydrogens (tertiary/aromatic N) is 9. The average Bonchev–Trinajstić information content (AvgIpc) is 3.74. The average molecular weight is 944 g/mol. The molecule has 1 aromatic carbocycles. The number of hydrogen-bond acceptors (Lipinski definition) is 13. The molecule has 4 aromatic heterocycles. The number of thiol groups is 1. The molecule has 3 N–H and O–H groups in total. The SMILES string of the molecule is O=C1CCC(c2nn(C3CC3)c3c(C#CCO[C@H]4CCN(CC5CCC(n6cc(NC(=O)c7cnn8ccc(N9CCOC(CO)C9)nc78)c(C(F)F)n6)CC5)C[C@@]4(F)S)cccc23)C(=O)N1. The molecular weight excluding hydrogens is 892 g/mol. The van der Waals surface area contributed by atoms with E-state index in [-0.39, 0.29) is 79.0 Å². The summed E-state index contributed by atoms with van der Waals surface area (Å²) in [5.74, 6) is 5.34. The van der Waals surface area contributed by atoms with Crippen molar-refractivity contribution in [2.24, 2.45) is 5.92 Å². The van der Waals surface area contributed by atoms with Gasteiger partial charge >= 0.3 is 0 Å². The number of halogens is 3. The van der Waals surface area contributed by atoms with E-state index < -0.39 is 35.0 Å². The molecule has 10 rings (SSSR count). The van der Waals surface area contributed by atoms with Crippen LogP contribution in [-0.2, 0) is 19.1 Å². The molecule has 21 heteroatoms. The number of imide groups is 1. The highest BCUT2D eigenvalue weighted by Gasteiger charge is 2.43. The molecule has 0 radical (unpaired) electrons. The van der Waals surface area contributed by atoms with Gasteiger partial charge in [-0.2, -0.15) is 15.3 Å². The molecular formula is C46H52F3N11O6S. The van der Waals surface area contributed by atoms with Crippen molar-refractivity contribution in [3.8, 4) is 11.8 Å². The molecule has 0 spiro atoms. The number of fused-ring (bicyclic) bond motifs is 2. The van der Waals surface area contributed by atoms with Crippen LogP contribution in [0.25, 0.3) is 16.6 Å². The molecule has 0 bridgehead atoms. The third-order valence-electron chi connectivity index (χ3n) is 13.6. The summed E-state index contributed by atoms with van der Waals surface area (Å²) in [6.45, 7) is 2.60. The third-order valence-corrected chi connectivity index (χ3v) is 14.1. The van der Waals surface area contributed by atoms with Crippen molar-refractivity contribution in [2.45, 2.75) is 99.4 Å². The molecule has 4 atom stereocenters. The minimum atomic E-state index is -2.93. The molecule has 2 unspecified atom stereocenters. The summed E-state index contributed by atoms with van der Waals surface area (Å²) in [6, 6.07) is 7.54. The fourth-order valence-electron chi connectivity index (χ4n) is 10.00. The standard InChI is InChI=1S/C46H52F3N11O6S/c47-42(48)40-35(51-45(64)34-21-50-58-17-15-37(52-43(34)58)57-18-20-65-31(23-57)25-61)24-59(54-40)29-8-6-27(7-9-29)22-56-16-14-36(46(49,67)26-56)66-19-2-4-28-3-1-5-32-39(33-12-13-38(62)53-44(33)63)55-60(41(28)32)30-10-11-30/h1,3,5,15,17,21,24,27,29-31,33,36,42,61,67H,6-14,16,18-20,22-23,25-26H2,(H,51,64)(H,53,62,63)/t27?,29?,31?,33?,36-,46+/m0/s1. The first kappa shape index (κ1) is 45.3. The van der Waals surface area contributed by atoms with E-state index in [1.54, 1.807) is 12.3 Å². The summed E-state index contributed by atoms with van der Waals surface area (Å²) < 4.78 is 61.3. The molecule has 17 nitrogen and oxygen atoms in total. The van der Waals surface area contributed by atoms with Gasteiger partial charge in [-0.15, -0.1) is 12.6 Å². The second-order valence-corrected chi connectivity index (χ2v) is 19.0. The zero-order valence-electron chi connectivity index (χ0n) is 36.7. The van der Waals surface area contributed by atoms with Crippen molar-refractivity contribution < 1.29 is 42.1 Å². The van der Waals surface area contributed by atoms with E-state index in [2.05, 4.69) is 55.2 Å². The van der Waals surface area contributed by atoms with Gasteiger partial charge in [0.15, 0.2) is 16.3 Å². The van der Waals surface area contributed by atoms with Crippen LogP contribution in [0.3, 0.4) is 0 Å². The number of ether oxygens (including phenoxy) is 2. The number of aliphatic hydroxyl groups is 1. The first-order valence-electron chi connectivity index (χ1n) is 23.0. The molecule has 5 fully saturated rings. The maximum absolute atomic E-state index is 16.1. The Labute approximate surface area is 389 Å². The lowest BCUT2D eigenvalue weighted by molar-refractivity contribution is -0.134. The first-order chi connectivity index (χ1) is 32.4. The third kappa shape index (κ3) is 9.51. The maximum Gasteiger partial charge on any atom is 0.284 e. The number of amides is 3. The number of anilines is 2. The number of alkyl halides is 3. The molecule has 5 aromatic rings. The highest BCUT2D eigenvalue weighted by atomic mass is 32.1. The van der Waals surface area contributed by atoms with E-state index in [1.165, 1.54) is 21.6 Å². The van der Waals surface area contributed by atoms with Gasteiger partial charge in [-0.1, -0.05) is 24.0 Å². The zero-order chi connectivity index (χ0) is 46.4. The molecule has 3 saturated heterocycles. The summed E-state index contributed by atoms with van der Waals surface area (Å²) in [4.78, 5) is 46.8.